The molecule has 1 atom stereocenters. The zero-order valence-electron chi connectivity index (χ0n) is 15.4. The van der Waals surface area contributed by atoms with Crippen molar-refractivity contribution >= 4 is 21.6 Å². The molecule has 2 aliphatic rings. The molecule has 5 nitrogen and oxygen atoms in total. The summed E-state index contributed by atoms with van der Waals surface area (Å²) in [5.41, 5.74) is 2.41. The van der Waals surface area contributed by atoms with Gasteiger partial charge in [0.15, 0.2) is 5.82 Å². The number of aryl methyl sites for hydroxylation is 2. The van der Waals surface area contributed by atoms with Crippen molar-refractivity contribution in [2.24, 2.45) is 0 Å². The van der Waals surface area contributed by atoms with Crippen LogP contribution in [0.3, 0.4) is 0 Å². The van der Waals surface area contributed by atoms with Gasteiger partial charge >= 0.3 is 0 Å². The standard InChI is InChI=1S/C21H24N4OS/c1-2-7-17-16(6-1)18-20(26-13-15-5-3-4-10-23-15)24-19(25-21(18)27-17)14-8-11-22-12-9-14/h8-9,11-12,15,23H,1-7,10,13H2. The fourth-order valence-corrected chi connectivity index (χ4v) is 5.36. The maximum atomic E-state index is 6.32. The Hall–Kier alpha value is -2.05. The van der Waals surface area contributed by atoms with Gasteiger partial charge < -0.3 is 10.1 Å². The Morgan fingerprint density at radius 3 is 2.81 bits per heavy atom. The van der Waals surface area contributed by atoms with Crippen molar-refractivity contribution in [3.05, 3.63) is 35.0 Å². The number of rotatable bonds is 4. The van der Waals surface area contributed by atoms with Crippen molar-refractivity contribution in [2.75, 3.05) is 13.2 Å². The number of aromatic nitrogens is 3. The van der Waals surface area contributed by atoms with E-state index >= 15 is 0 Å². The Morgan fingerprint density at radius 1 is 1.07 bits per heavy atom. The molecule has 0 radical (unpaired) electrons. The molecule has 6 heteroatoms. The van der Waals surface area contributed by atoms with Crippen molar-refractivity contribution < 1.29 is 4.74 Å². The molecule has 3 aromatic rings. The van der Waals surface area contributed by atoms with Gasteiger partial charge in [0.25, 0.3) is 0 Å². The molecule has 0 spiro atoms. The van der Waals surface area contributed by atoms with Gasteiger partial charge in [-0.15, -0.1) is 11.3 Å². The SMILES string of the molecule is c1cc(-c2nc(OCC3CCCCN3)c3c4c(sc3n2)CCCC4)ccn1. The normalized spacial score (nSPS) is 19.8. The molecular formula is C21H24N4OS. The van der Waals surface area contributed by atoms with Crippen LogP contribution < -0.4 is 10.1 Å². The highest BCUT2D eigenvalue weighted by Crippen LogP contribution is 2.40. The van der Waals surface area contributed by atoms with Crippen LogP contribution in [0.15, 0.2) is 24.5 Å². The molecule has 140 valence electrons. The Balaban J connectivity index is 1.55. The average Bonchev–Trinajstić information content (AvgIpc) is 3.12. The summed E-state index contributed by atoms with van der Waals surface area (Å²) in [6.07, 6.45) is 12.1. The minimum absolute atomic E-state index is 0.419. The van der Waals surface area contributed by atoms with Gasteiger partial charge in [-0.2, -0.15) is 4.98 Å². The molecule has 5 rings (SSSR count). The number of nitrogens with zero attached hydrogens (tertiary/aromatic N) is 3. The Bertz CT molecular complexity index is 934. The molecule has 3 aromatic heterocycles. The monoisotopic (exact) mass is 380 g/mol. The summed E-state index contributed by atoms with van der Waals surface area (Å²) in [4.78, 5) is 16.4. The topological polar surface area (TPSA) is 59.9 Å². The van der Waals surface area contributed by atoms with Crippen molar-refractivity contribution in [2.45, 2.75) is 51.0 Å². The summed E-state index contributed by atoms with van der Waals surface area (Å²) >= 11 is 1.82. The second-order valence-corrected chi connectivity index (χ2v) is 8.52. The lowest BCUT2D eigenvalue weighted by Gasteiger charge is -2.23. The number of piperidine rings is 1. The summed E-state index contributed by atoms with van der Waals surface area (Å²) < 4.78 is 6.32. The van der Waals surface area contributed by atoms with E-state index in [2.05, 4.69) is 10.3 Å². The van der Waals surface area contributed by atoms with Crippen LogP contribution in [-0.2, 0) is 12.8 Å². The molecule has 1 saturated heterocycles. The Kier molecular flexibility index (Phi) is 4.76. The van der Waals surface area contributed by atoms with Crippen LogP contribution in [0.5, 0.6) is 5.88 Å². The van der Waals surface area contributed by atoms with Gasteiger partial charge in [-0.3, -0.25) is 4.98 Å². The summed E-state index contributed by atoms with van der Waals surface area (Å²) in [6.45, 7) is 1.76. The summed E-state index contributed by atoms with van der Waals surface area (Å²) in [7, 11) is 0. The number of hydrogen-bond acceptors (Lipinski definition) is 6. The maximum Gasteiger partial charge on any atom is 0.226 e. The quantitative estimate of drug-likeness (QED) is 0.737. The van der Waals surface area contributed by atoms with Crippen LogP contribution in [0.25, 0.3) is 21.6 Å². The molecular weight excluding hydrogens is 356 g/mol. The van der Waals surface area contributed by atoms with Gasteiger partial charge in [-0.25, -0.2) is 4.98 Å². The predicted molar refractivity (Wildman–Crippen MR) is 108 cm³/mol. The lowest BCUT2D eigenvalue weighted by atomic mass is 9.97. The smallest absolute Gasteiger partial charge is 0.226 e. The lowest BCUT2D eigenvalue weighted by molar-refractivity contribution is 0.234. The number of hydrogen-bond donors (Lipinski definition) is 1. The van der Waals surface area contributed by atoms with Crippen LogP contribution in [0, 0.1) is 0 Å². The molecule has 1 aliphatic carbocycles. The van der Waals surface area contributed by atoms with Crippen molar-refractivity contribution in [3.63, 3.8) is 0 Å². The van der Waals surface area contributed by atoms with Crippen LogP contribution in [0.4, 0.5) is 0 Å². The number of thiophene rings is 1. The van der Waals surface area contributed by atoms with Crippen molar-refractivity contribution in [1.82, 2.24) is 20.3 Å². The predicted octanol–water partition coefficient (Wildman–Crippen LogP) is 4.15. The first-order valence-corrected chi connectivity index (χ1v) is 10.8. The molecule has 1 aliphatic heterocycles. The van der Waals surface area contributed by atoms with Gasteiger partial charge in [0.2, 0.25) is 5.88 Å². The van der Waals surface area contributed by atoms with E-state index in [1.165, 1.54) is 42.5 Å². The van der Waals surface area contributed by atoms with E-state index in [4.69, 9.17) is 14.7 Å². The first kappa shape index (κ1) is 17.1. The molecule has 0 amide bonds. The van der Waals surface area contributed by atoms with Gasteiger partial charge in [0.05, 0.1) is 5.39 Å². The van der Waals surface area contributed by atoms with E-state index in [0.29, 0.717) is 12.6 Å². The van der Waals surface area contributed by atoms with E-state index < -0.39 is 0 Å². The minimum atomic E-state index is 0.419. The Morgan fingerprint density at radius 2 is 1.96 bits per heavy atom. The van der Waals surface area contributed by atoms with Crippen LogP contribution in [0.2, 0.25) is 0 Å². The first-order valence-electron chi connectivity index (χ1n) is 9.97. The fourth-order valence-electron chi connectivity index (χ4n) is 4.10. The third kappa shape index (κ3) is 3.44. The number of nitrogens with one attached hydrogen (secondary N) is 1. The van der Waals surface area contributed by atoms with E-state index in [9.17, 15) is 0 Å². The van der Waals surface area contributed by atoms with Crippen molar-refractivity contribution in [1.29, 1.82) is 0 Å². The van der Waals surface area contributed by atoms with E-state index in [1.807, 2.05) is 23.5 Å². The highest BCUT2D eigenvalue weighted by molar-refractivity contribution is 7.18. The van der Waals surface area contributed by atoms with Gasteiger partial charge in [0.1, 0.15) is 11.4 Å². The molecule has 0 bridgehead atoms. The van der Waals surface area contributed by atoms with Crippen LogP contribution >= 0.6 is 11.3 Å². The highest BCUT2D eigenvalue weighted by atomic mass is 32.1. The van der Waals surface area contributed by atoms with E-state index in [0.717, 1.165) is 46.9 Å². The zero-order valence-corrected chi connectivity index (χ0v) is 16.2. The molecule has 1 N–H and O–H groups in total. The first-order chi connectivity index (χ1) is 13.4. The van der Waals surface area contributed by atoms with Gasteiger partial charge in [-0.1, -0.05) is 6.42 Å². The average molecular weight is 381 g/mol. The number of fused-ring (bicyclic) bond motifs is 3. The summed E-state index contributed by atoms with van der Waals surface area (Å²) in [6, 6.07) is 4.34. The summed E-state index contributed by atoms with van der Waals surface area (Å²) in [5, 5.41) is 4.72. The van der Waals surface area contributed by atoms with Crippen LogP contribution in [-0.4, -0.2) is 34.1 Å². The molecule has 4 heterocycles. The molecule has 27 heavy (non-hydrogen) atoms. The number of pyridine rings is 1. The van der Waals surface area contributed by atoms with E-state index in [1.54, 1.807) is 12.4 Å². The molecule has 1 unspecified atom stereocenters. The third-order valence-electron chi connectivity index (χ3n) is 5.55. The van der Waals surface area contributed by atoms with Gasteiger partial charge in [0, 0.05) is 28.9 Å². The Labute approximate surface area is 163 Å². The maximum absolute atomic E-state index is 6.32. The van der Waals surface area contributed by atoms with E-state index in [-0.39, 0.29) is 0 Å². The third-order valence-corrected chi connectivity index (χ3v) is 6.74. The highest BCUT2D eigenvalue weighted by Gasteiger charge is 2.23. The molecule has 0 aromatic carbocycles. The zero-order chi connectivity index (χ0) is 18.1. The minimum Gasteiger partial charge on any atom is -0.475 e. The molecule has 0 saturated carbocycles. The van der Waals surface area contributed by atoms with Gasteiger partial charge in [-0.05, 0) is 62.8 Å². The lowest BCUT2D eigenvalue weighted by Crippen LogP contribution is -2.38. The fraction of sp³-hybridized carbons (Fsp3) is 0.476. The number of ether oxygens (including phenoxy) is 1. The molecule has 1 fully saturated rings. The summed E-state index contributed by atoms with van der Waals surface area (Å²) in [5.74, 6) is 1.49. The van der Waals surface area contributed by atoms with Crippen molar-refractivity contribution in [3.8, 4) is 17.3 Å². The second kappa shape index (κ2) is 7.52. The van der Waals surface area contributed by atoms with Crippen LogP contribution in [0.1, 0.15) is 42.5 Å². The largest absolute Gasteiger partial charge is 0.475 e. The second-order valence-electron chi connectivity index (χ2n) is 7.44.